The molecular formula is C11H9F3N2O4. The van der Waals surface area contributed by atoms with Crippen LogP contribution in [-0.2, 0) is 9.53 Å². The van der Waals surface area contributed by atoms with Gasteiger partial charge in [-0.1, -0.05) is 6.07 Å². The molecule has 0 aliphatic carbocycles. The van der Waals surface area contributed by atoms with Gasteiger partial charge >= 0.3 is 12.1 Å². The molecule has 20 heavy (non-hydrogen) atoms. The Balaban J connectivity index is 2.93. The van der Waals surface area contributed by atoms with Crippen molar-refractivity contribution in [1.82, 2.24) is 5.43 Å². The van der Waals surface area contributed by atoms with Gasteiger partial charge in [-0.05, 0) is 18.2 Å². The summed E-state index contributed by atoms with van der Waals surface area (Å²) in [4.78, 5) is 22.4. The molecule has 1 rings (SSSR count). The number of phenols is 1. The maximum Gasteiger partial charge on any atom is 0.442 e. The van der Waals surface area contributed by atoms with Crippen molar-refractivity contribution in [2.45, 2.75) is 6.18 Å². The first-order chi connectivity index (χ1) is 9.25. The second-order valence-corrected chi connectivity index (χ2v) is 3.44. The number of nitrogens with zero attached hydrogens (tertiary/aromatic N) is 1. The predicted octanol–water partition coefficient (Wildman–Crippen LogP) is 1.21. The zero-order chi connectivity index (χ0) is 15.3. The van der Waals surface area contributed by atoms with Crippen LogP contribution in [0.4, 0.5) is 13.2 Å². The van der Waals surface area contributed by atoms with Crippen LogP contribution < -0.4 is 5.43 Å². The highest BCUT2D eigenvalue weighted by molar-refractivity contribution is 6.38. The summed E-state index contributed by atoms with van der Waals surface area (Å²) < 4.78 is 41.3. The average Bonchev–Trinajstić information content (AvgIpc) is 2.36. The number of rotatable bonds is 3. The summed E-state index contributed by atoms with van der Waals surface area (Å²) in [6.07, 6.45) is -5.07. The zero-order valence-electron chi connectivity index (χ0n) is 10.1. The van der Waals surface area contributed by atoms with Crippen LogP contribution in [0.15, 0.2) is 29.4 Å². The molecule has 0 spiro atoms. The molecule has 0 unspecified atom stereocenters. The Morgan fingerprint density at radius 3 is 2.50 bits per heavy atom. The van der Waals surface area contributed by atoms with E-state index < -0.39 is 23.8 Å². The Labute approximate surface area is 110 Å². The van der Waals surface area contributed by atoms with E-state index in [4.69, 9.17) is 5.11 Å². The number of carbonyl (C=O) groups excluding carboxylic acids is 2. The lowest BCUT2D eigenvalue weighted by atomic mass is 10.2. The third-order valence-electron chi connectivity index (χ3n) is 2.02. The van der Waals surface area contributed by atoms with E-state index in [0.29, 0.717) is 0 Å². The lowest BCUT2D eigenvalue weighted by Gasteiger charge is -2.08. The van der Waals surface area contributed by atoms with Gasteiger partial charge in [0, 0.05) is 5.56 Å². The maximum absolute atomic E-state index is 12.5. The molecule has 0 fully saturated rings. The first-order valence-corrected chi connectivity index (χ1v) is 5.08. The first-order valence-electron chi connectivity index (χ1n) is 5.08. The number of ether oxygens (including phenoxy) is 1. The molecule has 6 nitrogen and oxygen atoms in total. The van der Waals surface area contributed by atoms with Crippen LogP contribution in [0.25, 0.3) is 0 Å². The van der Waals surface area contributed by atoms with E-state index in [1.54, 1.807) is 5.43 Å². The van der Waals surface area contributed by atoms with Crippen molar-refractivity contribution < 1.29 is 32.6 Å². The maximum atomic E-state index is 12.5. The average molecular weight is 290 g/mol. The molecule has 0 aliphatic heterocycles. The van der Waals surface area contributed by atoms with Gasteiger partial charge in [0.15, 0.2) is 0 Å². The van der Waals surface area contributed by atoms with Crippen LogP contribution in [0.5, 0.6) is 5.75 Å². The molecule has 2 N–H and O–H groups in total. The number of phenolic OH excluding ortho intramolecular Hbond substituents is 1. The van der Waals surface area contributed by atoms with E-state index >= 15 is 0 Å². The number of esters is 1. The number of benzene rings is 1. The SMILES string of the molecule is COC(=O)/C(=N/NC(=O)c1cccc(O)c1)C(F)(F)F. The van der Waals surface area contributed by atoms with Crippen molar-refractivity contribution in [1.29, 1.82) is 0 Å². The molecule has 0 atom stereocenters. The van der Waals surface area contributed by atoms with E-state index in [0.717, 1.165) is 13.2 Å². The van der Waals surface area contributed by atoms with Crippen LogP contribution in [0, 0.1) is 0 Å². The number of hydrogen-bond acceptors (Lipinski definition) is 5. The first kappa shape index (κ1) is 15.5. The molecule has 1 aromatic rings. The van der Waals surface area contributed by atoms with Gasteiger partial charge in [-0.3, -0.25) is 4.79 Å². The number of carbonyl (C=O) groups is 2. The molecule has 0 saturated carbocycles. The van der Waals surface area contributed by atoms with Crippen LogP contribution in [0.2, 0.25) is 0 Å². The van der Waals surface area contributed by atoms with E-state index in [1.807, 2.05) is 0 Å². The summed E-state index contributed by atoms with van der Waals surface area (Å²) >= 11 is 0. The molecule has 9 heteroatoms. The number of methoxy groups -OCH3 is 1. The minimum atomic E-state index is -5.07. The number of amides is 1. The quantitative estimate of drug-likeness (QED) is 0.497. The van der Waals surface area contributed by atoms with Crippen molar-refractivity contribution in [3.05, 3.63) is 29.8 Å². The van der Waals surface area contributed by atoms with E-state index in [-0.39, 0.29) is 11.3 Å². The van der Waals surface area contributed by atoms with E-state index in [9.17, 15) is 22.8 Å². The Morgan fingerprint density at radius 2 is 2.00 bits per heavy atom. The summed E-state index contributed by atoms with van der Waals surface area (Å²) in [6, 6.07) is 4.86. The van der Waals surface area contributed by atoms with Crippen molar-refractivity contribution in [2.75, 3.05) is 7.11 Å². The Kier molecular flexibility index (Phi) is 4.68. The van der Waals surface area contributed by atoms with Gasteiger partial charge in [-0.2, -0.15) is 18.3 Å². The van der Waals surface area contributed by atoms with Crippen molar-refractivity contribution >= 4 is 17.6 Å². The molecule has 0 aromatic heterocycles. The van der Waals surface area contributed by atoms with E-state index in [2.05, 4.69) is 9.84 Å². The summed E-state index contributed by atoms with van der Waals surface area (Å²) in [6.45, 7) is 0. The zero-order valence-corrected chi connectivity index (χ0v) is 10.1. The molecule has 0 radical (unpaired) electrons. The molecule has 0 heterocycles. The highest BCUT2D eigenvalue weighted by Crippen LogP contribution is 2.18. The van der Waals surface area contributed by atoms with Gasteiger partial charge in [0.05, 0.1) is 7.11 Å². The number of aromatic hydroxyl groups is 1. The van der Waals surface area contributed by atoms with Gasteiger partial charge < -0.3 is 9.84 Å². The van der Waals surface area contributed by atoms with Gasteiger partial charge in [-0.25, -0.2) is 10.2 Å². The largest absolute Gasteiger partial charge is 0.508 e. The number of nitrogens with one attached hydrogen (secondary N) is 1. The normalized spacial score (nSPS) is 11.9. The molecule has 1 aromatic carbocycles. The summed E-state index contributed by atoms with van der Waals surface area (Å²) in [7, 11) is 0.751. The Hall–Kier alpha value is -2.58. The van der Waals surface area contributed by atoms with Crippen molar-refractivity contribution in [3.8, 4) is 5.75 Å². The van der Waals surface area contributed by atoms with Crippen LogP contribution in [-0.4, -0.2) is 36.0 Å². The molecular weight excluding hydrogens is 281 g/mol. The standard InChI is InChI=1S/C11H9F3N2O4/c1-20-10(19)8(11(12,13)14)15-16-9(18)6-3-2-4-7(17)5-6/h2-5,17H,1H3,(H,16,18)/b15-8-. The number of hydrogen-bond donors (Lipinski definition) is 2. The molecule has 1 amide bonds. The summed E-state index contributed by atoms with van der Waals surface area (Å²) in [5, 5.41) is 11.8. The fourth-order valence-corrected chi connectivity index (χ4v) is 1.14. The van der Waals surface area contributed by atoms with Crippen molar-refractivity contribution in [2.24, 2.45) is 5.10 Å². The van der Waals surface area contributed by atoms with Crippen molar-refractivity contribution in [3.63, 3.8) is 0 Å². The number of halogens is 3. The smallest absolute Gasteiger partial charge is 0.442 e. The third-order valence-corrected chi connectivity index (χ3v) is 2.02. The van der Waals surface area contributed by atoms with Gasteiger partial charge in [-0.15, -0.1) is 0 Å². The molecule has 0 bridgehead atoms. The van der Waals surface area contributed by atoms with Gasteiger partial charge in [0.2, 0.25) is 5.71 Å². The topological polar surface area (TPSA) is 88.0 Å². The minimum Gasteiger partial charge on any atom is -0.508 e. The fourth-order valence-electron chi connectivity index (χ4n) is 1.14. The summed E-state index contributed by atoms with van der Waals surface area (Å²) in [5.41, 5.74) is -0.455. The van der Waals surface area contributed by atoms with Gasteiger partial charge in [0.25, 0.3) is 5.91 Å². The predicted molar refractivity (Wildman–Crippen MR) is 61.1 cm³/mol. The molecule has 0 saturated heterocycles. The highest BCUT2D eigenvalue weighted by atomic mass is 19.4. The lowest BCUT2D eigenvalue weighted by Crippen LogP contribution is -2.35. The second-order valence-electron chi connectivity index (χ2n) is 3.44. The second kappa shape index (κ2) is 6.04. The monoisotopic (exact) mass is 290 g/mol. The fraction of sp³-hybridized carbons (Fsp3) is 0.182. The minimum absolute atomic E-state index is 0.125. The summed E-state index contributed by atoms with van der Waals surface area (Å²) in [5.74, 6) is -2.99. The van der Waals surface area contributed by atoms with Crippen LogP contribution in [0.3, 0.4) is 0 Å². The lowest BCUT2D eigenvalue weighted by molar-refractivity contribution is -0.137. The molecule has 0 aliphatic rings. The Morgan fingerprint density at radius 1 is 1.35 bits per heavy atom. The number of alkyl halides is 3. The Bertz CT molecular complexity index is 555. The molecule has 108 valence electrons. The van der Waals surface area contributed by atoms with E-state index in [1.165, 1.54) is 18.2 Å². The highest BCUT2D eigenvalue weighted by Gasteiger charge is 2.42. The number of hydrazone groups is 1. The third kappa shape index (κ3) is 3.97. The van der Waals surface area contributed by atoms with Gasteiger partial charge in [0.1, 0.15) is 5.75 Å². The van der Waals surface area contributed by atoms with Crippen LogP contribution in [0.1, 0.15) is 10.4 Å². The van der Waals surface area contributed by atoms with Crippen LogP contribution >= 0.6 is 0 Å².